The third-order valence-electron chi connectivity index (χ3n) is 1.40. The van der Waals surface area contributed by atoms with Crippen molar-refractivity contribution in [1.29, 1.82) is 5.26 Å². The first kappa shape index (κ1) is 8.76. The summed E-state index contributed by atoms with van der Waals surface area (Å²) in [4.78, 5) is 11.2. The number of hydrogen-bond donors (Lipinski definition) is 0. The number of nitrogens with zero attached hydrogens (tertiary/aromatic N) is 1. The summed E-state index contributed by atoms with van der Waals surface area (Å²) in [6.07, 6.45) is 0. The van der Waals surface area contributed by atoms with Crippen LogP contribution in [-0.4, -0.2) is 11.2 Å². The van der Waals surface area contributed by atoms with Crippen LogP contribution >= 0.6 is 11.6 Å². The Kier molecular flexibility index (Phi) is 2.84. The van der Waals surface area contributed by atoms with E-state index in [4.69, 9.17) is 16.9 Å². The molecule has 0 heterocycles. The lowest BCUT2D eigenvalue weighted by Gasteiger charge is -1.98. The van der Waals surface area contributed by atoms with Crippen LogP contribution in [0.25, 0.3) is 0 Å². The Morgan fingerprint density at radius 1 is 1.42 bits per heavy atom. The van der Waals surface area contributed by atoms with Crippen LogP contribution in [0.3, 0.4) is 0 Å². The van der Waals surface area contributed by atoms with Crippen molar-refractivity contribution in [2.75, 3.05) is 0 Å². The standard InChI is InChI=1S/C9H6ClNO/c10-8(6-11)9(12)7-4-2-1-3-5-7/h1-5,8H. The number of alkyl halides is 1. The van der Waals surface area contributed by atoms with Gasteiger partial charge in [0.15, 0.2) is 11.2 Å². The predicted octanol–water partition coefficient (Wildman–Crippen LogP) is 2.00. The van der Waals surface area contributed by atoms with Gasteiger partial charge in [0.25, 0.3) is 0 Å². The summed E-state index contributed by atoms with van der Waals surface area (Å²) in [5, 5.41) is 7.29. The summed E-state index contributed by atoms with van der Waals surface area (Å²) in [5.41, 5.74) is 0.471. The number of halogens is 1. The first-order chi connectivity index (χ1) is 5.75. The van der Waals surface area contributed by atoms with Gasteiger partial charge in [0.05, 0.1) is 6.07 Å². The fourth-order valence-corrected chi connectivity index (χ4v) is 0.933. The minimum absolute atomic E-state index is 0.347. The van der Waals surface area contributed by atoms with Crippen molar-refractivity contribution in [3.05, 3.63) is 35.9 Å². The fraction of sp³-hybridized carbons (Fsp3) is 0.111. The first-order valence-corrected chi connectivity index (χ1v) is 3.82. The van der Waals surface area contributed by atoms with E-state index in [1.807, 2.05) is 0 Å². The maximum Gasteiger partial charge on any atom is 0.194 e. The van der Waals surface area contributed by atoms with E-state index < -0.39 is 5.38 Å². The molecule has 0 fully saturated rings. The van der Waals surface area contributed by atoms with Crippen molar-refractivity contribution in [3.8, 4) is 6.07 Å². The van der Waals surface area contributed by atoms with Gasteiger partial charge in [0, 0.05) is 5.56 Å². The second-order valence-corrected chi connectivity index (χ2v) is 2.66. The maximum atomic E-state index is 11.2. The average Bonchev–Trinajstić information content (AvgIpc) is 2.17. The summed E-state index contributed by atoms with van der Waals surface area (Å²) in [6, 6.07) is 10.2. The molecule has 0 aliphatic carbocycles. The van der Waals surface area contributed by atoms with Crippen molar-refractivity contribution in [1.82, 2.24) is 0 Å². The lowest BCUT2D eigenvalue weighted by atomic mass is 10.1. The summed E-state index contributed by atoms with van der Waals surface area (Å²) in [6.45, 7) is 0. The van der Waals surface area contributed by atoms with E-state index in [2.05, 4.69) is 0 Å². The number of benzene rings is 1. The summed E-state index contributed by atoms with van der Waals surface area (Å²) < 4.78 is 0. The molecule has 3 heteroatoms. The smallest absolute Gasteiger partial charge is 0.194 e. The highest BCUT2D eigenvalue weighted by molar-refractivity contribution is 6.35. The van der Waals surface area contributed by atoms with Crippen LogP contribution in [0.2, 0.25) is 0 Å². The highest BCUT2D eigenvalue weighted by atomic mass is 35.5. The van der Waals surface area contributed by atoms with Crippen LogP contribution in [-0.2, 0) is 0 Å². The van der Waals surface area contributed by atoms with Crippen LogP contribution in [0.1, 0.15) is 10.4 Å². The number of nitriles is 1. The molecule has 0 aromatic heterocycles. The van der Waals surface area contributed by atoms with E-state index in [-0.39, 0.29) is 5.78 Å². The van der Waals surface area contributed by atoms with Gasteiger partial charge < -0.3 is 0 Å². The lowest BCUT2D eigenvalue weighted by molar-refractivity contribution is 0.100. The zero-order valence-corrected chi connectivity index (χ0v) is 6.95. The van der Waals surface area contributed by atoms with Gasteiger partial charge in [-0.05, 0) is 0 Å². The molecule has 1 unspecified atom stereocenters. The molecule has 1 aromatic rings. The van der Waals surface area contributed by atoms with Gasteiger partial charge in [-0.15, -0.1) is 0 Å². The van der Waals surface area contributed by atoms with Gasteiger partial charge >= 0.3 is 0 Å². The molecule has 0 spiro atoms. The molecule has 0 radical (unpaired) electrons. The van der Waals surface area contributed by atoms with Crippen LogP contribution in [0, 0.1) is 11.3 Å². The number of ketones is 1. The number of rotatable bonds is 2. The van der Waals surface area contributed by atoms with Crippen LogP contribution in [0.4, 0.5) is 0 Å². The van der Waals surface area contributed by atoms with Crippen LogP contribution < -0.4 is 0 Å². The maximum absolute atomic E-state index is 11.2. The summed E-state index contributed by atoms with van der Waals surface area (Å²) in [5.74, 6) is -0.347. The Bertz CT molecular complexity index is 315. The van der Waals surface area contributed by atoms with Crippen LogP contribution in [0.5, 0.6) is 0 Å². The van der Waals surface area contributed by atoms with Gasteiger partial charge in [0.2, 0.25) is 0 Å². The zero-order valence-electron chi connectivity index (χ0n) is 6.20. The van der Waals surface area contributed by atoms with Crippen molar-refractivity contribution in [3.63, 3.8) is 0 Å². The molecule has 0 aliphatic rings. The Balaban J connectivity index is 2.88. The number of Topliss-reactive ketones (excluding diaryl/α,β-unsaturated/α-hetero) is 1. The monoisotopic (exact) mass is 179 g/mol. The highest BCUT2D eigenvalue weighted by Crippen LogP contribution is 2.06. The van der Waals surface area contributed by atoms with Crippen molar-refractivity contribution >= 4 is 17.4 Å². The van der Waals surface area contributed by atoms with Gasteiger partial charge in [-0.1, -0.05) is 41.9 Å². The fourth-order valence-electron chi connectivity index (χ4n) is 0.807. The summed E-state index contributed by atoms with van der Waals surface area (Å²) >= 11 is 5.44. The van der Waals surface area contributed by atoms with E-state index in [0.29, 0.717) is 5.56 Å². The predicted molar refractivity (Wildman–Crippen MR) is 46.0 cm³/mol. The Morgan fingerprint density at radius 2 is 2.00 bits per heavy atom. The number of carbonyl (C=O) groups excluding carboxylic acids is 1. The summed E-state index contributed by atoms with van der Waals surface area (Å²) in [7, 11) is 0. The largest absolute Gasteiger partial charge is 0.291 e. The Labute approximate surface area is 75.4 Å². The van der Waals surface area contributed by atoms with Crippen molar-refractivity contribution in [2.45, 2.75) is 5.38 Å². The number of hydrogen-bond acceptors (Lipinski definition) is 2. The highest BCUT2D eigenvalue weighted by Gasteiger charge is 2.15. The third-order valence-corrected chi connectivity index (χ3v) is 1.70. The Hall–Kier alpha value is -1.33. The molecule has 60 valence electrons. The first-order valence-electron chi connectivity index (χ1n) is 3.38. The molecule has 1 rings (SSSR count). The SMILES string of the molecule is N#CC(Cl)C(=O)c1ccccc1. The quantitative estimate of drug-likeness (QED) is 0.515. The van der Waals surface area contributed by atoms with Gasteiger partial charge in [-0.3, -0.25) is 4.79 Å². The van der Waals surface area contributed by atoms with Gasteiger partial charge in [0.1, 0.15) is 0 Å². The van der Waals surface area contributed by atoms with Gasteiger partial charge in [-0.2, -0.15) is 5.26 Å². The molecule has 0 bridgehead atoms. The molecule has 0 saturated heterocycles. The van der Waals surface area contributed by atoms with Gasteiger partial charge in [-0.25, -0.2) is 0 Å². The second-order valence-electron chi connectivity index (χ2n) is 2.22. The molecule has 0 saturated carbocycles. The van der Waals surface area contributed by atoms with E-state index in [9.17, 15) is 4.79 Å². The Morgan fingerprint density at radius 3 is 2.50 bits per heavy atom. The topological polar surface area (TPSA) is 40.9 Å². The second kappa shape index (κ2) is 3.89. The molecule has 1 aromatic carbocycles. The van der Waals surface area contributed by atoms with Crippen molar-refractivity contribution in [2.24, 2.45) is 0 Å². The number of carbonyl (C=O) groups is 1. The van der Waals surface area contributed by atoms with E-state index in [1.54, 1.807) is 36.4 Å². The minimum Gasteiger partial charge on any atom is -0.291 e. The van der Waals surface area contributed by atoms with E-state index in [0.717, 1.165) is 0 Å². The lowest BCUT2D eigenvalue weighted by Crippen LogP contribution is -2.11. The normalized spacial score (nSPS) is 11.7. The molecule has 12 heavy (non-hydrogen) atoms. The zero-order chi connectivity index (χ0) is 8.97. The van der Waals surface area contributed by atoms with E-state index >= 15 is 0 Å². The van der Waals surface area contributed by atoms with Crippen molar-refractivity contribution < 1.29 is 4.79 Å². The molecule has 2 nitrogen and oxygen atoms in total. The molecule has 0 N–H and O–H groups in total. The molecule has 0 amide bonds. The molecule has 1 atom stereocenters. The molecule has 0 aliphatic heterocycles. The third kappa shape index (κ3) is 1.84. The van der Waals surface area contributed by atoms with Crippen LogP contribution in [0.15, 0.2) is 30.3 Å². The average molecular weight is 180 g/mol. The van der Waals surface area contributed by atoms with E-state index in [1.165, 1.54) is 0 Å². The molecular weight excluding hydrogens is 174 g/mol. The molecular formula is C9H6ClNO. The minimum atomic E-state index is -1.08.